The highest BCUT2D eigenvalue weighted by Gasteiger charge is 2.49. The van der Waals surface area contributed by atoms with Crippen LogP contribution in [0.1, 0.15) is 113 Å². The molecule has 3 heterocycles. The lowest BCUT2D eigenvalue weighted by molar-refractivity contribution is -0.143. The van der Waals surface area contributed by atoms with Gasteiger partial charge in [0.05, 0.1) is 28.1 Å². The first kappa shape index (κ1) is 39.7. The Kier molecular flexibility index (Phi) is 11.8. The molecule has 2 saturated heterocycles. The molecule has 292 valence electrons. The standard InChI is InChI=1S/C37H49N7O8S2/c1-36(2,50)30-21-39-42-44(30)25-20-29(34(48)41-37(31(45)32(38)46)15-17-53-18-16-37)43(22-25)35(49)28(19-23-7-4-3-5-8-23)40-33(47)24-11-13-27(14-12-24)54(51,52)26-9-6-10-26/h11-14,21,23,25-26,29,50H,3-10,15-20,22H2,1-2H3,(H2,38,46)(H,41,48)/t25-,29-/m0/s1. The van der Waals surface area contributed by atoms with Gasteiger partial charge in [-0.3, -0.25) is 24.0 Å². The molecule has 2 aromatic rings. The van der Waals surface area contributed by atoms with Crippen molar-refractivity contribution in [1.29, 1.82) is 0 Å². The van der Waals surface area contributed by atoms with Crippen molar-refractivity contribution in [3.8, 4) is 0 Å². The number of primary amides is 1. The number of sulfone groups is 1. The number of hydrogen-bond donors (Lipinski definition) is 3. The average molecular weight is 784 g/mol. The molecule has 1 aromatic carbocycles. The fourth-order valence-corrected chi connectivity index (χ4v) is 11.0. The number of carbonyl (C=O) groups excluding carboxylic acids is 5. The van der Waals surface area contributed by atoms with Crippen molar-refractivity contribution >= 4 is 56.7 Å². The van der Waals surface area contributed by atoms with E-state index in [4.69, 9.17) is 5.73 Å². The number of benzene rings is 1. The van der Waals surface area contributed by atoms with Crippen LogP contribution in [0, 0.1) is 5.92 Å². The van der Waals surface area contributed by atoms with Crippen molar-refractivity contribution in [2.24, 2.45) is 16.6 Å². The Morgan fingerprint density at radius 2 is 1.69 bits per heavy atom. The first-order valence-electron chi connectivity index (χ1n) is 18.7. The van der Waals surface area contributed by atoms with E-state index < -0.39 is 67.7 Å². The Hall–Kier alpha value is -3.96. The van der Waals surface area contributed by atoms with Crippen LogP contribution in [0.3, 0.4) is 0 Å². The minimum Gasteiger partial charge on any atom is -0.384 e. The van der Waals surface area contributed by atoms with Crippen LogP contribution in [0.5, 0.6) is 0 Å². The number of likely N-dealkylation sites (tertiary alicyclic amines) is 1. The van der Waals surface area contributed by atoms with Crippen LogP contribution in [0.4, 0.5) is 0 Å². The van der Waals surface area contributed by atoms with E-state index in [1.165, 1.54) is 40.0 Å². The number of nitrogens with one attached hydrogen (secondary N) is 1. The summed E-state index contributed by atoms with van der Waals surface area (Å²) in [5, 5.41) is 21.5. The Balaban J connectivity index is 1.34. The van der Waals surface area contributed by atoms with E-state index in [0.29, 0.717) is 30.0 Å². The second-order valence-electron chi connectivity index (χ2n) is 15.6. The van der Waals surface area contributed by atoms with Crippen LogP contribution in [-0.2, 0) is 34.6 Å². The molecule has 2 aliphatic carbocycles. The zero-order valence-corrected chi connectivity index (χ0v) is 32.4. The number of aromatic nitrogens is 3. The summed E-state index contributed by atoms with van der Waals surface area (Å²) in [5.74, 6) is -2.99. The molecule has 17 heteroatoms. The number of carbonyl (C=O) groups is 5. The third kappa shape index (κ3) is 8.32. The summed E-state index contributed by atoms with van der Waals surface area (Å²) in [6, 6.07) is 3.81. The molecule has 0 spiro atoms. The van der Waals surface area contributed by atoms with Gasteiger partial charge in [0.2, 0.25) is 11.7 Å². The SMILES string of the molecule is CC(C)(O)c1cnnn1[C@H]1C[C@@H](C(=O)NC2(C(=O)C(N)=O)CCSCC2)N(C(=O)C(CC2CCCCC2)=NC(=O)c2ccc(S(=O)(=O)C3CCC3)cc2)C1. The second-order valence-corrected chi connectivity index (χ2v) is 19.0. The molecule has 4 N–H and O–H groups in total. The quantitative estimate of drug-likeness (QED) is 0.210. The third-order valence-electron chi connectivity index (χ3n) is 11.4. The van der Waals surface area contributed by atoms with Crippen molar-refractivity contribution in [1.82, 2.24) is 25.2 Å². The Morgan fingerprint density at radius 1 is 1.02 bits per heavy atom. The van der Waals surface area contributed by atoms with Crippen LogP contribution in [0.25, 0.3) is 0 Å². The minimum absolute atomic E-state index is 0.0290. The second kappa shape index (κ2) is 16.0. The maximum absolute atomic E-state index is 14.8. The molecular formula is C37H49N7O8S2. The highest BCUT2D eigenvalue weighted by Crippen LogP contribution is 2.35. The predicted octanol–water partition coefficient (Wildman–Crippen LogP) is 2.66. The molecule has 1 aromatic heterocycles. The number of Topliss-reactive ketones (excluding diaryl/α,β-unsaturated/α-hetero) is 1. The van der Waals surface area contributed by atoms with Crippen molar-refractivity contribution < 1.29 is 37.5 Å². The molecule has 15 nitrogen and oxygen atoms in total. The minimum atomic E-state index is -3.51. The van der Waals surface area contributed by atoms with Crippen molar-refractivity contribution in [3.05, 3.63) is 41.7 Å². The average Bonchev–Trinajstić information content (AvgIpc) is 3.79. The topological polar surface area (TPSA) is 224 Å². The number of aliphatic imine (C=N–C) groups is 1. The molecule has 0 bridgehead atoms. The number of hydrogen-bond acceptors (Lipinski definition) is 11. The van der Waals surface area contributed by atoms with Gasteiger partial charge < -0.3 is 21.1 Å². The maximum atomic E-state index is 14.8. The molecule has 2 aliphatic heterocycles. The van der Waals surface area contributed by atoms with E-state index in [2.05, 4.69) is 20.6 Å². The summed E-state index contributed by atoms with van der Waals surface area (Å²) in [6.07, 6.45) is 8.74. The number of nitrogens with two attached hydrogens (primary N) is 1. The van der Waals surface area contributed by atoms with Crippen LogP contribution >= 0.6 is 11.8 Å². The third-order valence-corrected chi connectivity index (χ3v) is 14.6. The number of thioether (sulfide) groups is 1. The largest absolute Gasteiger partial charge is 0.384 e. The van der Waals surface area contributed by atoms with E-state index in [1.807, 2.05) is 0 Å². The van der Waals surface area contributed by atoms with E-state index in [1.54, 1.807) is 25.6 Å². The van der Waals surface area contributed by atoms with Crippen molar-refractivity contribution in [3.63, 3.8) is 0 Å². The summed E-state index contributed by atoms with van der Waals surface area (Å²) < 4.78 is 27.4. The smallest absolute Gasteiger partial charge is 0.287 e. The lowest BCUT2D eigenvalue weighted by Crippen LogP contribution is -2.63. The molecule has 2 atom stereocenters. The van der Waals surface area contributed by atoms with Gasteiger partial charge in [-0.05, 0) is 87.6 Å². The van der Waals surface area contributed by atoms with Gasteiger partial charge in [0, 0.05) is 18.5 Å². The zero-order chi connectivity index (χ0) is 38.8. The molecule has 2 saturated carbocycles. The molecule has 6 rings (SSSR count). The summed E-state index contributed by atoms with van der Waals surface area (Å²) in [5.41, 5.74) is 3.00. The van der Waals surface area contributed by atoms with Crippen LogP contribution in [-0.4, -0.2) is 103 Å². The van der Waals surface area contributed by atoms with E-state index >= 15 is 0 Å². The van der Waals surface area contributed by atoms with Crippen LogP contribution < -0.4 is 11.1 Å². The Morgan fingerprint density at radius 3 is 2.28 bits per heavy atom. The summed E-state index contributed by atoms with van der Waals surface area (Å²) in [6.45, 7) is 3.09. The lowest BCUT2D eigenvalue weighted by atomic mass is 9.85. The van der Waals surface area contributed by atoms with E-state index in [9.17, 15) is 37.5 Å². The number of aliphatic hydroxyl groups is 1. The van der Waals surface area contributed by atoms with E-state index in [0.717, 1.165) is 38.5 Å². The predicted molar refractivity (Wildman–Crippen MR) is 200 cm³/mol. The summed E-state index contributed by atoms with van der Waals surface area (Å²) >= 11 is 1.58. The molecule has 0 radical (unpaired) electrons. The molecule has 4 amide bonds. The summed E-state index contributed by atoms with van der Waals surface area (Å²) in [4.78, 5) is 74.0. The molecule has 4 fully saturated rings. The van der Waals surface area contributed by atoms with Gasteiger partial charge in [-0.25, -0.2) is 18.1 Å². The van der Waals surface area contributed by atoms with Gasteiger partial charge in [0.15, 0.2) is 9.84 Å². The Bertz CT molecular complexity index is 1910. The molecule has 54 heavy (non-hydrogen) atoms. The zero-order valence-electron chi connectivity index (χ0n) is 30.7. The number of ketones is 1. The highest BCUT2D eigenvalue weighted by atomic mass is 32.2. The van der Waals surface area contributed by atoms with Crippen molar-refractivity contribution in [2.75, 3.05) is 18.1 Å². The number of amides is 4. The fraction of sp³-hybridized carbons (Fsp3) is 0.622. The first-order valence-corrected chi connectivity index (χ1v) is 21.4. The monoisotopic (exact) mass is 783 g/mol. The maximum Gasteiger partial charge on any atom is 0.287 e. The normalized spacial score (nSPS) is 22.7. The van der Waals surface area contributed by atoms with Gasteiger partial charge in [-0.15, -0.1) is 5.10 Å². The summed E-state index contributed by atoms with van der Waals surface area (Å²) in [7, 11) is -3.51. The van der Waals surface area contributed by atoms with Gasteiger partial charge in [-0.2, -0.15) is 11.8 Å². The molecule has 0 unspecified atom stereocenters. The van der Waals surface area contributed by atoms with Gasteiger partial charge >= 0.3 is 0 Å². The van der Waals surface area contributed by atoms with Gasteiger partial charge in [-0.1, -0.05) is 43.7 Å². The first-order chi connectivity index (χ1) is 25.6. The molecular weight excluding hydrogens is 735 g/mol. The van der Waals surface area contributed by atoms with E-state index in [-0.39, 0.29) is 54.3 Å². The molecule has 4 aliphatic rings. The number of rotatable bonds is 12. The van der Waals surface area contributed by atoms with Crippen molar-refractivity contribution in [2.45, 2.75) is 124 Å². The van der Waals surface area contributed by atoms with Crippen LogP contribution in [0.15, 0.2) is 40.4 Å². The van der Waals surface area contributed by atoms with Gasteiger partial charge in [0.25, 0.3) is 17.7 Å². The number of nitrogens with zero attached hydrogens (tertiary/aromatic N) is 5. The van der Waals surface area contributed by atoms with Crippen LogP contribution in [0.2, 0.25) is 0 Å². The van der Waals surface area contributed by atoms with Gasteiger partial charge in [0.1, 0.15) is 22.9 Å². The fourth-order valence-electron chi connectivity index (χ4n) is 7.96. The lowest BCUT2D eigenvalue weighted by Gasteiger charge is -2.37. The Labute approximate surface area is 319 Å². The highest BCUT2D eigenvalue weighted by molar-refractivity contribution is 7.99.